The zero-order valence-electron chi connectivity index (χ0n) is 11.2. The minimum atomic E-state index is -2.57. The third kappa shape index (κ3) is 5.51. The zero-order valence-corrected chi connectivity index (χ0v) is 11.9. The normalized spacial score (nSPS) is 19.1. The van der Waals surface area contributed by atoms with E-state index in [1.54, 1.807) is 0 Å². The average molecular weight is 315 g/mol. The van der Waals surface area contributed by atoms with Crippen LogP contribution in [0.3, 0.4) is 0 Å². The van der Waals surface area contributed by atoms with Crippen LogP contribution < -0.4 is 0 Å². The smallest absolute Gasteiger partial charge is 0.338 e. The number of aliphatic hydroxyl groups is 5. The Morgan fingerprint density at radius 2 is 1.65 bits per heavy atom. The van der Waals surface area contributed by atoms with Crippen LogP contribution in [0, 0.1) is 0 Å². The van der Waals surface area contributed by atoms with E-state index in [-0.39, 0.29) is 6.42 Å². The Balaban J connectivity index is 4.61. The monoisotopic (exact) mass is 314 g/mol. The number of halogens is 1. The van der Waals surface area contributed by atoms with Crippen molar-refractivity contribution in [3.05, 3.63) is 0 Å². The fourth-order valence-electron chi connectivity index (χ4n) is 1.82. The van der Waals surface area contributed by atoms with Gasteiger partial charge in [0.15, 0.2) is 5.60 Å². The fraction of sp³-hybridized carbons (Fsp3) is 0.917. The van der Waals surface area contributed by atoms with Gasteiger partial charge >= 0.3 is 5.97 Å². The molecule has 0 amide bonds. The van der Waals surface area contributed by atoms with Gasteiger partial charge in [0, 0.05) is 5.88 Å². The number of hydrogen-bond donors (Lipinski definition) is 6. The van der Waals surface area contributed by atoms with Crippen molar-refractivity contribution < 1.29 is 35.4 Å². The summed E-state index contributed by atoms with van der Waals surface area (Å²) in [6.45, 7) is -0.857. The Kier molecular flexibility index (Phi) is 9.28. The summed E-state index contributed by atoms with van der Waals surface area (Å²) in [6, 6.07) is 0. The Morgan fingerprint density at radius 1 is 1.10 bits per heavy atom. The molecule has 0 radical (unpaired) electrons. The SMILES string of the molecule is O=C(O)[C@@](O)(CCCCCCCl)[C@@H](O)[C@H](O)[C@H](O)CO. The molecule has 0 rings (SSSR count). The lowest BCUT2D eigenvalue weighted by molar-refractivity contribution is -0.192. The number of alkyl halides is 1. The molecule has 0 aliphatic heterocycles. The van der Waals surface area contributed by atoms with Gasteiger partial charge in [-0.25, -0.2) is 4.79 Å². The predicted molar refractivity (Wildman–Crippen MR) is 71.5 cm³/mol. The van der Waals surface area contributed by atoms with E-state index in [1.807, 2.05) is 0 Å². The zero-order chi connectivity index (χ0) is 15.8. The van der Waals surface area contributed by atoms with Crippen molar-refractivity contribution in [1.82, 2.24) is 0 Å². The summed E-state index contributed by atoms with van der Waals surface area (Å²) in [7, 11) is 0. The number of carbonyl (C=O) groups is 1. The number of unbranched alkanes of at least 4 members (excludes halogenated alkanes) is 3. The van der Waals surface area contributed by atoms with E-state index in [9.17, 15) is 25.2 Å². The van der Waals surface area contributed by atoms with Crippen LogP contribution in [0.2, 0.25) is 0 Å². The lowest BCUT2D eigenvalue weighted by Gasteiger charge is -2.33. The van der Waals surface area contributed by atoms with Gasteiger partial charge in [0.2, 0.25) is 0 Å². The number of aliphatic carboxylic acids is 1. The van der Waals surface area contributed by atoms with Crippen LogP contribution in [0.15, 0.2) is 0 Å². The highest BCUT2D eigenvalue weighted by atomic mass is 35.5. The molecule has 120 valence electrons. The van der Waals surface area contributed by atoms with Crippen LogP contribution in [0.1, 0.15) is 32.1 Å². The molecule has 0 aliphatic rings. The maximum Gasteiger partial charge on any atom is 0.338 e. The molecule has 0 spiro atoms. The standard InChI is InChI=1S/C12H23ClO7/c13-6-4-2-1-3-5-12(20,11(18)19)10(17)9(16)8(15)7-14/h8-10,14-17,20H,1-7H2,(H,18,19)/t8-,9-,10+,12-/m1/s1. The molecule has 0 unspecified atom stereocenters. The number of rotatable bonds is 11. The molecule has 4 atom stereocenters. The van der Waals surface area contributed by atoms with Crippen molar-refractivity contribution in [2.45, 2.75) is 56.0 Å². The average Bonchev–Trinajstić information content (AvgIpc) is 2.43. The summed E-state index contributed by atoms with van der Waals surface area (Å²) < 4.78 is 0. The summed E-state index contributed by atoms with van der Waals surface area (Å²) in [6.07, 6.45) is -3.60. The summed E-state index contributed by atoms with van der Waals surface area (Å²) >= 11 is 5.50. The van der Waals surface area contributed by atoms with Crippen molar-refractivity contribution in [2.24, 2.45) is 0 Å². The van der Waals surface area contributed by atoms with Crippen molar-refractivity contribution in [1.29, 1.82) is 0 Å². The molecule has 0 aromatic carbocycles. The first kappa shape index (κ1) is 19.6. The van der Waals surface area contributed by atoms with E-state index in [2.05, 4.69) is 0 Å². The van der Waals surface area contributed by atoms with Crippen molar-refractivity contribution in [3.8, 4) is 0 Å². The first-order valence-corrected chi connectivity index (χ1v) is 7.01. The Morgan fingerprint density at radius 3 is 2.10 bits per heavy atom. The molecule has 8 heteroatoms. The minimum Gasteiger partial charge on any atom is -0.479 e. The van der Waals surface area contributed by atoms with Gasteiger partial charge in [-0.3, -0.25) is 0 Å². The Hall–Kier alpha value is -0.440. The molecule has 0 aliphatic carbocycles. The molecule has 0 fully saturated rings. The molecule has 20 heavy (non-hydrogen) atoms. The molecule has 0 aromatic heterocycles. The maximum absolute atomic E-state index is 11.1. The second-order valence-corrected chi connectivity index (χ2v) is 5.15. The summed E-state index contributed by atoms with van der Waals surface area (Å²) in [5.74, 6) is -1.20. The van der Waals surface area contributed by atoms with Gasteiger partial charge in [-0.1, -0.05) is 12.8 Å². The summed E-state index contributed by atoms with van der Waals surface area (Å²) in [4.78, 5) is 11.1. The van der Waals surface area contributed by atoms with Gasteiger partial charge in [-0.05, 0) is 19.3 Å². The van der Waals surface area contributed by atoms with Crippen LogP contribution >= 0.6 is 11.6 Å². The highest BCUT2D eigenvalue weighted by Gasteiger charge is 2.47. The molecule has 0 saturated carbocycles. The first-order valence-electron chi connectivity index (χ1n) is 6.48. The second kappa shape index (κ2) is 9.49. The van der Waals surface area contributed by atoms with Crippen LogP contribution in [0.5, 0.6) is 0 Å². The minimum absolute atomic E-state index is 0.277. The lowest BCUT2D eigenvalue weighted by atomic mass is 9.85. The number of aliphatic hydroxyl groups excluding tert-OH is 4. The molecule has 0 bridgehead atoms. The number of carboxylic acids is 1. The van der Waals surface area contributed by atoms with Crippen LogP contribution in [-0.2, 0) is 4.79 Å². The van der Waals surface area contributed by atoms with Crippen LogP contribution in [0.4, 0.5) is 0 Å². The van der Waals surface area contributed by atoms with Gasteiger partial charge in [0.25, 0.3) is 0 Å². The highest BCUT2D eigenvalue weighted by molar-refractivity contribution is 6.17. The lowest BCUT2D eigenvalue weighted by Crippen LogP contribution is -2.58. The third-order valence-electron chi connectivity index (χ3n) is 3.21. The van der Waals surface area contributed by atoms with Gasteiger partial charge < -0.3 is 30.6 Å². The van der Waals surface area contributed by atoms with Gasteiger partial charge in [0.05, 0.1) is 6.61 Å². The largest absolute Gasteiger partial charge is 0.479 e. The fourth-order valence-corrected chi connectivity index (χ4v) is 2.01. The molecule has 0 aromatic rings. The van der Waals surface area contributed by atoms with Gasteiger partial charge in [-0.15, -0.1) is 11.6 Å². The Bertz CT molecular complexity index is 289. The van der Waals surface area contributed by atoms with E-state index in [4.69, 9.17) is 21.8 Å². The molecule has 6 N–H and O–H groups in total. The molecular weight excluding hydrogens is 292 g/mol. The predicted octanol–water partition coefficient (Wildman–Crippen LogP) is -0.934. The van der Waals surface area contributed by atoms with E-state index in [0.29, 0.717) is 18.7 Å². The van der Waals surface area contributed by atoms with Crippen molar-refractivity contribution >= 4 is 17.6 Å². The van der Waals surface area contributed by atoms with Gasteiger partial charge in [0.1, 0.15) is 18.3 Å². The quantitative estimate of drug-likeness (QED) is 0.214. The van der Waals surface area contributed by atoms with Crippen LogP contribution in [0.25, 0.3) is 0 Å². The van der Waals surface area contributed by atoms with Crippen molar-refractivity contribution in [2.75, 3.05) is 12.5 Å². The summed E-state index contributed by atoms with van der Waals surface area (Å²) in [5, 5.41) is 56.1. The molecule has 0 saturated heterocycles. The Labute approximate surface area is 122 Å². The number of hydrogen-bond acceptors (Lipinski definition) is 6. The van der Waals surface area contributed by atoms with Crippen LogP contribution in [-0.4, -0.2) is 73.0 Å². The van der Waals surface area contributed by atoms with Crippen molar-refractivity contribution in [3.63, 3.8) is 0 Å². The highest BCUT2D eigenvalue weighted by Crippen LogP contribution is 2.24. The second-order valence-electron chi connectivity index (χ2n) is 4.77. The maximum atomic E-state index is 11.1. The van der Waals surface area contributed by atoms with E-state index in [1.165, 1.54) is 0 Å². The topological polar surface area (TPSA) is 138 Å². The summed E-state index contributed by atoms with van der Waals surface area (Å²) in [5.41, 5.74) is -2.57. The first-order chi connectivity index (χ1) is 9.31. The van der Waals surface area contributed by atoms with E-state index in [0.717, 1.165) is 12.8 Å². The molecule has 0 heterocycles. The van der Waals surface area contributed by atoms with E-state index < -0.39 is 36.5 Å². The van der Waals surface area contributed by atoms with Gasteiger partial charge in [-0.2, -0.15) is 0 Å². The third-order valence-corrected chi connectivity index (χ3v) is 3.47. The molecule has 7 nitrogen and oxygen atoms in total. The van der Waals surface area contributed by atoms with E-state index >= 15 is 0 Å². The number of carboxylic acid groups (broad SMARTS) is 1. The molecular formula is C12H23ClO7.